The van der Waals surface area contributed by atoms with Crippen LogP contribution in [0.15, 0.2) is 12.1 Å². The van der Waals surface area contributed by atoms with E-state index in [1.807, 2.05) is 7.05 Å². The Bertz CT molecular complexity index is 381. The smallest absolute Gasteiger partial charge is 0.0558 e. The van der Waals surface area contributed by atoms with E-state index in [-0.39, 0.29) is 12.0 Å². The van der Waals surface area contributed by atoms with Crippen molar-refractivity contribution in [3.05, 3.63) is 34.4 Å². The van der Waals surface area contributed by atoms with Gasteiger partial charge in [-0.25, -0.2) is 0 Å². The summed E-state index contributed by atoms with van der Waals surface area (Å²) in [6.45, 7) is 13.0. The molecule has 0 spiro atoms. The molecular weight excluding hydrogens is 222 g/mol. The number of nitrogens with zero attached hydrogens (tertiary/aromatic N) is 1. The molecule has 102 valence electrons. The Balaban J connectivity index is 3.02. The first-order chi connectivity index (χ1) is 8.25. The molecule has 1 rings (SSSR count). The highest BCUT2D eigenvalue weighted by Crippen LogP contribution is 2.27. The monoisotopic (exact) mass is 249 g/mol. The van der Waals surface area contributed by atoms with E-state index in [1.165, 1.54) is 22.3 Å². The van der Waals surface area contributed by atoms with Crippen LogP contribution < -0.4 is 0 Å². The molecule has 0 radical (unpaired) electrons. The van der Waals surface area contributed by atoms with E-state index in [1.54, 1.807) is 0 Å². The summed E-state index contributed by atoms with van der Waals surface area (Å²) >= 11 is 0. The lowest BCUT2D eigenvalue weighted by atomic mass is 9.84. The lowest BCUT2D eigenvalue weighted by Crippen LogP contribution is -2.23. The minimum atomic E-state index is 0.199. The molecule has 0 bridgehead atoms. The minimum Gasteiger partial charge on any atom is -0.395 e. The van der Waals surface area contributed by atoms with Gasteiger partial charge in [0.1, 0.15) is 0 Å². The quantitative estimate of drug-likeness (QED) is 0.886. The highest BCUT2D eigenvalue weighted by molar-refractivity contribution is 5.40. The second kappa shape index (κ2) is 5.85. The number of aliphatic hydroxyl groups excluding tert-OH is 1. The zero-order chi connectivity index (χ0) is 13.9. The first-order valence-electron chi connectivity index (χ1n) is 6.65. The van der Waals surface area contributed by atoms with Crippen molar-refractivity contribution in [1.29, 1.82) is 0 Å². The van der Waals surface area contributed by atoms with Gasteiger partial charge in [0.25, 0.3) is 0 Å². The number of hydrogen-bond acceptors (Lipinski definition) is 2. The van der Waals surface area contributed by atoms with E-state index < -0.39 is 0 Å². The van der Waals surface area contributed by atoms with Gasteiger partial charge in [-0.15, -0.1) is 0 Å². The molecule has 0 unspecified atom stereocenters. The number of rotatable bonds is 4. The highest BCUT2D eigenvalue weighted by atomic mass is 16.3. The van der Waals surface area contributed by atoms with Gasteiger partial charge in [0.05, 0.1) is 6.61 Å². The summed E-state index contributed by atoms with van der Waals surface area (Å²) in [6, 6.07) is 4.60. The SMILES string of the molecule is Cc1cc(C(C)(C)C)cc(C)c1CN(C)CCO. The molecule has 2 heteroatoms. The Hall–Kier alpha value is -0.860. The lowest BCUT2D eigenvalue weighted by Gasteiger charge is -2.24. The van der Waals surface area contributed by atoms with Crippen LogP contribution in [0.1, 0.15) is 43.0 Å². The number of benzene rings is 1. The van der Waals surface area contributed by atoms with Gasteiger partial charge >= 0.3 is 0 Å². The molecule has 0 fully saturated rings. The normalized spacial score (nSPS) is 12.2. The van der Waals surface area contributed by atoms with Crippen LogP contribution in [0.4, 0.5) is 0 Å². The summed E-state index contributed by atoms with van der Waals surface area (Å²) < 4.78 is 0. The average molecular weight is 249 g/mol. The van der Waals surface area contributed by atoms with Crippen molar-refractivity contribution in [2.75, 3.05) is 20.2 Å². The molecule has 0 amide bonds. The Morgan fingerprint density at radius 2 is 1.61 bits per heavy atom. The number of aryl methyl sites for hydroxylation is 2. The molecule has 0 atom stereocenters. The molecule has 0 saturated heterocycles. The molecule has 0 aromatic heterocycles. The Morgan fingerprint density at radius 1 is 1.11 bits per heavy atom. The fourth-order valence-corrected chi connectivity index (χ4v) is 2.20. The predicted molar refractivity (Wildman–Crippen MR) is 78.0 cm³/mol. The van der Waals surface area contributed by atoms with Crippen molar-refractivity contribution in [3.8, 4) is 0 Å². The van der Waals surface area contributed by atoms with Crippen LogP contribution in [0, 0.1) is 13.8 Å². The van der Waals surface area contributed by atoms with E-state index in [4.69, 9.17) is 5.11 Å². The molecule has 0 aliphatic heterocycles. The van der Waals surface area contributed by atoms with Crippen LogP contribution in [-0.4, -0.2) is 30.2 Å². The highest BCUT2D eigenvalue weighted by Gasteiger charge is 2.16. The average Bonchev–Trinajstić information content (AvgIpc) is 2.22. The summed E-state index contributed by atoms with van der Waals surface area (Å²) in [7, 11) is 2.05. The molecule has 0 heterocycles. The van der Waals surface area contributed by atoms with E-state index in [9.17, 15) is 0 Å². The van der Waals surface area contributed by atoms with E-state index >= 15 is 0 Å². The maximum Gasteiger partial charge on any atom is 0.0558 e. The third kappa shape index (κ3) is 3.82. The Morgan fingerprint density at radius 3 is 2.00 bits per heavy atom. The Labute approximate surface area is 112 Å². The second-order valence-electron chi connectivity index (χ2n) is 6.30. The van der Waals surface area contributed by atoms with E-state index in [2.05, 4.69) is 51.7 Å². The third-order valence-electron chi connectivity index (χ3n) is 3.47. The largest absolute Gasteiger partial charge is 0.395 e. The molecule has 1 aromatic carbocycles. The molecule has 0 aliphatic carbocycles. The van der Waals surface area contributed by atoms with Crippen molar-refractivity contribution in [3.63, 3.8) is 0 Å². The van der Waals surface area contributed by atoms with Gasteiger partial charge < -0.3 is 5.11 Å². The van der Waals surface area contributed by atoms with Crippen molar-refractivity contribution in [2.45, 2.75) is 46.6 Å². The van der Waals surface area contributed by atoms with E-state index in [0.717, 1.165) is 13.1 Å². The van der Waals surface area contributed by atoms with Gasteiger partial charge in [0, 0.05) is 13.1 Å². The summed E-state index contributed by atoms with van der Waals surface area (Å²) in [5.41, 5.74) is 5.69. The van der Waals surface area contributed by atoms with Crippen LogP contribution in [0.3, 0.4) is 0 Å². The van der Waals surface area contributed by atoms with Crippen LogP contribution in [0.25, 0.3) is 0 Å². The second-order valence-corrected chi connectivity index (χ2v) is 6.30. The van der Waals surface area contributed by atoms with Gasteiger partial charge in [-0.3, -0.25) is 4.90 Å². The molecule has 18 heavy (non-hydrogen) atoms. The van der Waals surface area contributed by atoms with Crippen LogP contribution in [0.5, 0.6) is 0 Å². The minimum absolute atomic E-state index is 0.199. The van der Waals surface area contributed by atoms with Gasteiger partial charge in [-0.1, -0.05) is 32.9 Å². The van der Waals surface area contributed by atoms with Crippen LogP contribution >= 0.6 is 0 Å². The van der Waals surface area contributed by atoms with Crippen molar-refractivity contribution in [2.24, 2.45) is 0 Å². The van der Waals surface area contributed by atoms with Gasteiger partial charge in [0.15, 0.2) is 0 Å². The van der Waals surface area contributed by atoms with Crippen molar-refractivity contribution < 1.29 is 5.11 Å². The summed E-state index contributed by atoms with van der Waals surface area (Å²) in [6.07, 6.45) is 0. The van der Waals surface area contributed by atoms with Gasteiger partial charge in [0.2, 0.25) is 0 Å². The first-order valence-corrected chi connectivity index (χ1v) is 6.65. The van der Waals surface area contributed by atoms with Gasteiger partial charge in [-0.05, 0) is 48.6 Å². The molecule has 0 aliphatic rings. The Kier molecular flexibility index (Phi) is 4.94. The number of hydrogen-bond donors (Lipinski definition) is 1. The van der Waals surface area contributed by atoms with Crippen molar-refractivity contribution >= 4 is 0 Å². The standard InChI is InChI=1S/C16H27NO/c1-12-9-14(16(3,4)5)10-13(2)15(12)11-17(6)7-8-18/h9-10,18H,7-8,11H2,1-6H3. The molecule has 2 nitrogen and oxygen atoms in total. The third-order valence-corrected chi connectivity index (χ3v) is 3.47. The fourth-order valence-electron chi connectivity index (χ4n) is 2.20. The molecule has 1 aromatic rings. The van der Waals surface area contributed by atoms with Crippen LogP contribution in [0.2, 0.25) is 0 Å². The number of likely N-dealkylation sites (N-methyl/N-ethyl adjacent to an activating group) is 1. The fraction of sp³-hybridized carbons (Fsp3) is 0.625. The molecule has 1 N–H and O–H groups in total. The van der Waals surface area contributed by atoms with Crippen molar-refractivity contribution in [1.82, 2.24) is 4.90 Å². The summed E-state index contributed by atoms with van der Waals surface area (Å²) in [5.74, 6) is 0. The first kappa shape index (κ1) is 15.2. The van der Waals surface area contributed by atoms with E-state index in [0.29, 0.717) is 0 Å². The predicted octanol–water partition coefficient (Wildman–Crippen LogP) is 3.03. The molecular formula is C16H27NO. The zero-order valence-electron chi connectivity index (χ0n) is 12.7. The maximum absolute atomic E-state index is 8.96. The molecule has 0 saturated carbocycles. The van der Waals surface area contributed by atoms with Gasteiger partial charge in [-0.2, -0.15) is 0 Å². The van der Waals surface area contributed by atoms with Crippen LogP contribution in [-0.2, 0) is 12.0 Å². The maximum atomic E-state index is 8.96. The number of aliphatic hydroxyl groups is 1. The summed E-state index contributed by atoms with van der Waals surface area (Å²) in [4.78, 5) is 2.16. The topological polar surface area (TPSA) is 23.5 Å². The summed E-state index contributed by atoms with van der Waals surface area (Å²) in [5, 5.41) is 8.96. The zero-order valence-corrected chi connectivity index (χ0v) is 12.7. The lowest BCUT2D eigenvalue weighted by molar-refractivity contribution is 0.217.